The van der Waals surface area contributed by atoms with E-state index in [0.717, 1.165) is 24.0 Å². The van der Waals surface area contributed by atoms with E-state index in [1.165, 1.54) is 22.7 Å². The van der Waals surface area contributed by atoms with Crippen molar-refractivity contribution in [3.8, 4) is 5.75 Å². The molecule has 2 fully saturated rings. The summed E-state index contributed by atoms with van der Waals surface area (Å²) in [7, 11) is -7.10. The molecule has 3 aliphatic heterocycles. The topological polar surface area (TPSA) is 120 Å². The molecule has 0 saturated carbocycles. The second kappa shape index (κ2) is 16.2. The van der Waals surface area contributed by atoms with Gasteiger partial charge >= 0.3 is 6.03 Å². The number of hydrogen-bond acceptors (Lipinski definition) is 8. The van der Waals surface area contributed by atoms with Gasteiger partial charge in [-0.05, 0) is 95.0 Å². The Bertz CT molecular complexity index is 2160. The smallest absolute Gasteiger partial charge is 0.326 e. The lowest BCUT2D eigenvalue weighted by Gasteiger charge is -2.47. The van der Waals surface area contributed by atoms with Gasteiger partial charge < -0.3 is 9.64 Å². The number of amidine groups is 1. The zero-order valence-corrected chi connectivity index (χ0v) is 35.7. The molecule has 0 spiro atoms. The van der Waals surface area contributed by atoms with Gasteiger partial charge in [0.25, 0.3) is 0 Å². The predicted octanol–water partition coefficient (Wildman–Crippen LogP) is 7.28. The Morgan fingerprint density at radius 2 is 1.40 bits per heavy atom. The number of piperazine rings is 1. The van der Waals surface area contributed by atoms with Crippen molar-refractivity contribution in [2.75, 3.05) is 57.8 Å². The van der Waals surface area contributed by atoms with Crippen LogP contribution in [0.2, 0.25) is 15.1 Å². The van der Waals surface area contributed by atoms with Crippen molar-refractivity contribution in [2.24, 2.45) is 4.99 Å². The lowest BCUT2D eigenvalue weighted by Crippen LogP contribution is -2.60. The highest BCUT2D eigenvalue weighted by Crippen LogP contribution is 2.54. The van der Waals surface area contributed by atoms with Gasteiger partial charge in [0.1, 0.15) is 37.4 Å². The van der Waals surface area contributed by atoms with E-state index in [9.17, 15) is 16.8 Å². The molecule has 11 nitrogen and oxygen atoms in total. The number of ether oxygens (including phenoxy) is 1. The molecule has 0 aromatic heterocycles. The first-order chi connectivity index (χ1) is 25.8. The van der Waals surface area contributed by atoms with Crippen LogP contribution in [0.3, 0.4) is 0 Å². The Morgan fingerprint density at radius 3 is 1.95 bits per heavy atom. The maximum absolute atomic E-state index is 15.4. The first kappa shape index (κ1) is 41.7. The van der Waals surface area contributed by atoms with E-state index in [4.69, 9.17) is 44.5 Å². The van der Waals surface area contributed by atoms with Crippen molar-refractivity contribution in [1.82, 2.24) is 19.0 Å². The third-order valence-corrected chi connectivity index (χ3v) is 14.8. The Morgan fingerprint density at radius 1 is 0.836 bits per heavy atom. The zero-order chi connectivity index (χ0) is 39.9. The number of urea groups is 1. The van der Waals surface area contributed by atoms with Crippen LogP contribution in [0.25, 0.3) is 0 Å². The minimum absolute atomic E-state index is 0.00990. The number of sulfone groups is 1. The average molecular weight is 853 g/mol. The molecule has 3 aromatic carbocycles. The molecule has 0 radical (unpaired) electrons. The number of hydrogen-bond donors (Lipinski definition) is 0. The van der Waals surface area contributed by atoms with Gasteiger partial charge in [-0.1, -0.05) is 59.1 Å². The van der Waals surface area contributed by atoms with E-state index >= 15 is 4.79 Å². The molecule has 2 saturated heterocycles. The van der Waals surface area contributed by atoms with Crippen LogP contribution in [-0.2, 0) is 30.9 Å². The highest BCUT2D eigenvalue weighted by atomic mass is 35.5. The van der Waals surface area contributed by atoms with Crippen molar-refractivity contribution in [1.29, 1.82) is 0 Å². The Kier molecular flexibility index (Phi) is 12.2. The SMILES string of the molecule is CC(C)Oc1cc(Cl)c(S(=O)(=O)N2CCCC2)cc1C1=N[C@@](C)(c2ccc(Cl)cc2)[C@@](C)(c2ccc(Cl)cc2)N1C(=O)N1CCN(CCCS(C)(=O)=O)CC1. The molecule has 0 unspecified atom stereocenters. The number of aliphatic imine (C=N–C) groups is 1. The summed E-state index contributed by atoms with van der Waals surface area (Å²) in [6.07, 6.45) is 2.90. The third-order valence-electron chi connectivity index (χ3n) is 10.9. The van der Waals surface area contributed by atoms with Crippen molar-refractivity contribution in [2.45, 2.75) is 69.0 Å². The predicted molar refractivity (Wildman–Crippen MR) is 219 cm³/mol. The number of rotatable bonds is 11. The van der Waals surface area contributed by atoms with Gasteiger partial charge in [0.05, 0.1) is 22.4 Å². The van der Waals surface area contributed by atoms with Crippen molar-refractivity contribution < 1.29 is 26.4 Å². The molecule has 55 heavy (non-hydrogen) atoms. The number of carbonyl (C=O) groups excluding carboxylic acids is 1. The second-order valence-corrected chi connectivity index (χ2v) is 20.5. The summed E-state index contributed by atoms with van der Waals surface area (Å²) in [5.41, 5.74) is -0.560. The number of nitrogens with zero attached hydrogens (tertiary/aromatic N) is 5. The summed E-state index contributed by atoms with van der Waals surface area (Å²) in [4.78, 5) is 26.4. The van der Waals surface area contributed by atoms with Crippen LogP contribution in [0.1, 0.15) is 63.6 Å². The fraction of sp³-hybridized carbons (Fsp3) is 0.487. The Balaban J connectivity index is 1.54. The molecule has 298 valence electrons. The number of carbonyl (C=O) groups is 1. The quantitative estimate of drug-likeness (QED) is 0.199. The van der Waals surface area contributed by atoms with Crippen molar-refractivity contribution in [3.05, 3.63) is 92.4 Å². The Hall–Kier alpha value is -2.91. The fourth-order valence-corrected chi connectivity index (χ4v) is 10.7. The molecule has 0 N–H and O–H groups in total. The van der Waals surface area contributed by atoms with Gasteiger partial charge in [0.2, 0.25) is 10.0 Å². The zero-order valence-electron chi connectivity index (χ0n) is 31.8. The number of amides is 2. The molecule has 16 heteroatoms. The van der Waals surface area contributed by atoms with E-state index in [1.807, 2.05) is 52.0 Å². The largest absolute Gasteiger partial charge is 0.490 e. The summed E-state index contributed by atoms with van der Waals surface area (Å²) >= 11 is 19.6. The van der Waals surface area contributed by atoms with Crippen LogP contribution in [0.5, 0.6) is 5.75 Å². The number of benzene rings is 3. The molecule has 3 heterocycles. The molecule has 6 rings (SSSR count). The molecule has 2 atom stereocenters. The lowest BCUT2D eigenvalue weighted by atomic mass is 9.71. The standard InChI is InChI=1S/C39H48Cl3N5O6S2/c1-27(2)53-34-26-33(42)35(55(51,52)46-18-6-7-19-46)25-32(34)36-43-38(3,28-9-13-30(40)14-10-28)39(4,29-11-15-31(41)16-12-29)47(36)37(48)45-22-20-44(21-23-45)17-8-24-54(5,49)50/h9-16,25-27H,6-8,17-24H2,1-5H3/t38-,39+/m0/s1. The monoisotopic (exact) mass is 851 g/mol. The molecular formula is C39H48Cl3N5O6S2. The maximum atomic E-state index is 15.4. The molecule has 3 aliphatic rings. The van der Waals surface area contributed by atoms with Crippen LogP contribution in [0.15, 0.2) is 70.6 Å². The second-order valence-electron chi connectivity index (χ2n) is 15.1. The van der Waals surface area contributed by atoms with Gasteiger partial charge in [-0.3, -0.25) is 14.8 Å². The van der Waals surface area contributed by atoms with E-state index in [2.05, 4.69) is 4.90 Å². The summed E-state index contributed by atoms with van der Waals surface area (Å²) in [5.74, 6) is 0.604. The van der Waals surface area contributed by atoms with Crippen LogP contribution in [0, 0.1) is 0 Å². The summed E-state index contributed by atoms with van der Waals surface area (Å²) in [6, 6.07) is 17.3. The summed E-state index contributed by atoms with van der Waals surface area (Å²) in [5, 5.41) is 1.06. The molecule has 0 bridgehead atoms. The van der Waals surface area contributed by atoms with Crippen LogP contribution < -0.4 is 4.74 Å². The van der Waals surface area contributed by atoms with Gasteiger partial charge in [-0.25, -0.2) is 21.6 Å². The molecule has 0 aliphatic carbocycles. The molecule has 3 aromatic rings. The van der Waals surface area contributed by atoms with E-state index in [1.54, 1.807) is 34.1 Å². The van der Waals surface area contributed by atoms with E-state index in [-0.39, 0.29) is 39.4 Å². The van der Waals surface area contributed by atoms with E-state index < -0.39 is 30.9 Å². The number of sulfonamides is 1. The van der Waals surface area contributed by atoms with Crippen molar-refractivity contribution in [3.63, 3.8) is 0 Å². The summed E-state index contributed by atoms with van der Waals surface area (Å²) in [6.45, 7) is 10.8. The normalized spacial score (nSPS) is 22.7. The first-order valence-electron chi connectivity index (χ1n) is 18.5. The molecular weight excluding hydrogens is 805 g/mol. The van der Waals surface area contributed by atoms with Crippen LogP contribution in [0.4, 0.5) is 4.79 Å². The molecule has 2 amide bonds. The van der Waals surface area contributed by atoms with Gasteiger partial charge in [0, 0.05) is 61.6 Å². The Labute approximate surface area is 340 Å². The highest BCUT2D eigenvalue weighted by Gasteiger charge is 2.60. The minimum Gasteiger partial charge on any atom is -0.490 e. The average Bonchev–Trinajstić information content (AvgIpc) is 3.75. The maximum Gasteiger partial charge on any atom is 0.326 e. The van der Waals surface area contributed by atoms with Gasteiger partial charge in [-0.2, -0.15) is 4.31 Å². The summed E-state index contributed by atoms with van der Waals surface area (Å²) < 4.78 is 59.6. The van der Waals surface area contributed by atoms with Crippen LogP contribution in [-0.4, -0.2) is 112 Å². The lowest BCUT2D eigenvalue weighted by molar-refractivity contribution is 0.0868. The van der Waals surface area contributed by atoms with Crippen LogP contribution >= 0.6 is 34.8 Å². The highest BCUT2D eigenvalue weighted by molar-refractivity contribution is 7.90. The third kappa shape index (κ3) is 8.40. The van der Waals surface area contributed by atoms with Crippen molar-refractivity contribution >= 4 is 66.5 Å². The van der Waals surface area contributed by atoms with E-state index in [0.29, 0.717) is 67.8 Å². The van der Waals surface area contributed by atoms with Gasteiger partial charge in [-0.15, -0.1) is 0 Å². The fourth-order valence-electron chi connectivity index (χ4n) is 7.75. The number of halogens is 3. The van der Waals surface area contributed by atoms with Gasteiger partial charge in [0.15, 0.2) is 0 Å². The first-order valence-corrected chi connectivity index (χ1v) is 23.1. The minimum atomic E-state index is -4.01.